The minimum Gasteiger partial charge on any atom is -0.462 e. The monoisotopic (exact) mass is 276 g/mol. The van der Waals surface area contributed by atoms with Gasteiger partial charge in [0, 0.05) is 18.2 Å². The second-order valence-electron chi connectivity index (χ2n) is 5.05. The van der Waals surface area contributed by atoms with Crippen LogP contribution in [0.4, 0.5) is 5.69 Å². The molecule has 1 fully saturated rings. The SMILES string of the molecule is CCOC(=O)c1cccc(NC(=O)CC(N)C2CC2)c1. The minimum absolute atomic E-state index is 0.0664. The van der Waals surface area contributed by atoms with Crippen LogP contribution in [0.15, 0.2) is 24.3 Å². The van der Waals surface area contributed by atoms with Crippen LogP contribution < -0.4 is 11.1 Å². The smallest absolute Gasteiger partial charge is 0.338 e. The molecular weight excluding hydrogens is 256 g/mol. The Balaban J connectivity index is 1.93. The topological polar surface area (TPSA) is 81.4 Å². The largest absolute Gasteiger partial charge is 0.462 e. The summed E-state index contributed by atoms with van der Waals surface area (Å²) in [5.41, 5.74) is 6.93. The minimum atomic E-state index is -0.390. The first kappa shape index (κ1) is 14.5. The van der Waals surface area contributed by atoms with Crippen molar-refractivity contribution in [2.45, 2.75) is 32.2 Å². The average Bonchev–Trinajstić information content (AvgIpc) is 3.23. The molecule has 108 valence electrons. The van der Waals surface area contributed by atoms with Gasteiger partial charge in [0.2, 0.25) is 5.91 Å². The summed E-state index contributed by atoms with van der Waals surface area (Å²) in [5, 5.41) is 2.77. The van der Waals surface area contributed by atoms with E-state index in [1.54, 1.807) is 31.2 Å². The number of anilines is 1. The van der Waals surface area contributed by atoms with Gasteiger partial charge in [-0.3, -0.25) is 4.79 Å². The summed E-state index contributed by atoms with van der Waals surface area (Å²) >= 11 is 0. The summed E-state index contributed by atoms with van der Waals surface area (Å²) in [7, 11) is 0. The molecule has 1 aliphatic rings. The molecule has 1 aromatic rings. The molecule has 2 rings (SSSR count). The highest BCUT2D eigenvalue weighted by molar-refractivity contribution is 5.94. The molecule has 3 N–H and O–H groups in total. The van der Waals surface area contributed by atoms with Gasteiger partial charge in [0.25, 0.3) is 0 Å². The Labute approximate surface area is 118 Å². The first-order valence-corrected chi connectivity index (χ1v) is 6.92. The van der Waals surface area contributed by atoms with Gasteiger partial charge in [0.05, 0.1) is 12.2 Å². The van der Waals surface area contributed by atoms with Crippen molar-refractivity contribution in [3.05, 3.63) is 29.8 Å². The number of ether oxygens (including phenoxy) is 1. The van der Waals surface area contributed by atoms with Gasteiger partial charge in [-0.15, -0.1) is 0 Å². The number of benzene rings is 1. The molecule has 5 heteroatoms. The lowest BCUT2D eigenvalue weighted by atomic mass is 10.1. The van der Waals surface area contributed by atoms with Crippen molar-refractivity contribution in [2.75, 3.05) is 11.9 Å². The Kier molecular flexibility index (Phi) is 4.74. The molecule has 1 amide bonds. The predicted octanol–water partition coefficient (Wildman–Crippen LogP) is 1.93. The fraction of sp³-hybridized carbons (Fsp3) is 0.467. The van der Waals surface area contributed by atoms with E-state index in [2.05, 4.69) is 5.32 Å². The average molecular weight is 276 g/mol. The van der Waals surface area contributed by atoms with Crippen molar-refractivity contribution in [3.63, 3.8) is 0 Å². The second-order valence-corrected chi connectivity index (χ2v) is 5.05. The van der Waals surface area contributed by atoms with Crippen molar-refractivity contribution in [1.29, 1.82) is 0 Å². The summed E-state index contributed by atoms with van der Waals surface area (Å²) < 4.78 is 4.92. The summed E-state index contributed by atoms with van der Waals surface area (Å²) in [5.74, 6) is -0.0182. The van der Waals surface area contributed by atoms with Crippen LogP contribution >= 0.6 is 0 Å². The van der Waals surface area contributed by atoms with Gasteiger partial charge in [-0.25, -0.2) is 4.79 Å². The molecule has 20 heavy (non-hydrogen) atoms. The first-order chi connectivity index (χ1) is 9.60. The number of carbonyl (C=O) groups is 2. The molecule has 0 bridgehead atoms. The molecule has 0 aliphatic heterocycles. The third-order valence-electron chi connectivity index (χ3n) is 3.31. The van der Waals surface area contributed by atoms with E-state index in [0.717, 1.165) is 12.8 Å². The number of amides is 1. The number of rotatable bonds is 6. The van der Waals surface area contributed by atoms with E-state index >= 15 is 0 Å². The second kappa shape index (κ2) is 6.52. The number of esters is 1. The summed E-state index contributed by atoms with van der Waals surface area (Å²) in [6, 6.07) is 6.65. The van der Waals surface area contributed by atoms with Crippen LogP contribution in [0, 0.1) is 5.92 Å². The molecule has 1 unspecified atom stereocenters. The maximum atomic E-state index is 11.9. The molecular formula is C15H20N2O3. The van der Waals surface area contributed by atoms with Crippen LogP contribution in [0.5, 0.6) is 0 Å². The van der Waals surface area contributed by atoms with Crippen molar-refractivity contribution >= 4 is 17.6 Å². The molecule has 1 saturated carbocycles. The summed E-state index contributed by atoms with van der Waals surface area (Å²) in [4.78, 5) is 23.5. The van der Waals surface area contributed by atoms with E-state index in [9.17, 15) is 9.59 Å². The van der Waals surface area contributed by atoms with Gasteiger partial charge < -0.3 is 15.8 Å². The standard InChI is InChI=1S/C15H20N2O3/c1-2-20-15(19)11-4-3-5-12(8-11)17-14(18)9-13(16)10-6-7-10/h3-5,8,10,13H,2,6-7,9,16H2,1H3,(H,17,18). The highest BCUT2D eigenvalue weighted by Crippen LogP contribution is 2.32. The van der Waals surface area contributed by atoms with Crippen LogP contribution in [0.3, 0.4) is 0 Å². The molecule has 0 radical (unpaired) electrons. The fourth-order valence-corrected chi connectivity index (χ4v) is 2.06. The third kappa shape index (κ3) is 4.06. The van der Waals surface area contributed by atoms with E-state index in [-0.39, 0.29) is 11.9 Å². The highest BCUT2D eigenvalue weighted by atomic mass is 16.5. The van der Waals surface area contributed by atoms with Crippen molar-refractivity contribution in [1.82, 2.24) is 0 Å². The van der Waals surface area contributed by atoms with E-state index in [4.69, 9.17) is 10.5 Å². The van der Waals surface area contributed by atoms with Gasteiger partial charge in [0.1, 0.15) is 0 Å². The molecule has 0 heterocycles. The summed E-state index contributed by atoms with van der Waals surface area (Å²) in [6.45, 7) is 2.08. The van der Waals surface area contributed by atoms with Gasteiger partial charge in [-0.1, -0.05) is 6.07 Å². The Morgan fingerprint density at radius 1 is 1.45 bits per heavy atom. The maximum absolute atomic E-state index is 11.9. The van der Waals surface area contributed by atoms with Gasteiger partial charge >= 0.3 is 5.97 Å². The van der Waals surface area contributed by atoms with E-state index < -0.39 is 5.97 Å². The fourth-order valence-electron chi connectivity index (χ4n) is 2.06. The zero-order valence-electron chi connectivity index (χ0n) is 11.6. The number of nitrogens with one attached hydrogen (secondary N) is 1. The van der Waals surface area contributed by atoms with Crippen LogP contribution in [-0.2, 0) is 9.53 Å². The molecule has 1 aliphatic carbocycles. The molecule has 0 aromatic heterocycles. The lowest BCUT2D eigenvalue weighted by Gasteiger charge is -2.11. The van der Waals surface area contributed by atoms with Crippen molar-refractivity contribution in [3.8, 4) is 0 Å². The molecule has 1 aromatic carbocycles. The summed E-state index contributed by atoms with van der Waals surface area (Å²) in [6.07, 6.45) is 2.55. The van der Waals surface area contributed by atoms with Crippen LogP contribution in [0.1, 0.15) is 36.5 Å². The lowest BCUT2D eigenvalue weighted by molar-refractivity contribution is -0.116. The normalized spacial score (nSPS) is 15.5. The number of carbonyl (C=O) groups excluding carboxylic acids is 2. The van der Waals surface area contributed by atoms with E-state index in [0.29, 0.717) is 30.2 Å². The van der Waals surface area contributed by atoms with Crippen LogP contribution in [0.25, 0.3) is 0 Å². The lowest BCUT2D eigenvalue weighted by Crippen LogP contribution is -2.28. The maximum Gasteiger partial charge on any atom is 0.338 e. The number of hydrogen-bond donors (Lipinski definition) is 2. The molecule has 1 atom stereocenters. The predicted molar refractivity (Wildman–Crippen MR) is 76.3 cm³/mol. The highest BCUT2D eigenvalue weighted by Gasteiger charge is 2.29. The zero-order chi connectivity index (χ0) is 14.5. The first-order valence-electron chi connectivity index (χ1n) is 6.92. The van der Waals surface area contributed by atoms with Gasteiger partial charge in [0.15, 0.2) is 0 Å². The van der Waals surface area contributed by atoms with Crippen LogP contribution in [-0.4, -0.2) is 24.5 Å². The zero-order valence-corrected chi connectivity index (χ0v) is 11.6. The Bertz CT molecular complexity index is 498. The van der Waals surface area contributed by atoms with E-state index in [1.807, 2.05) is 0 Å². The van der Waals surface area contributed by atoms with Gasteiger partial charge in [-0.2, -0.15) is 0 Å². The van der Waals surface area contributed by atoms with Crippen molar-refractivity contribution < 1.29 is 14.3 Å². The third-order valence-corrected chi connectivity index (χ3v) is 3.31. The van der Waals surface area contributed by atoms with E-state index in [1.165, 1.54) is 0 Å². The Morgan fingerprint density at radius 2 is 2.20 bits per heavy atom. The molecule has 0 spiro atoms. The Hall–Kier alpha value is -1.88. The number of nitrogens with two attached hydrogens (primary N) is 1. The van der Waals surface area contributed by atoms with Crippen LogP contribution in [0.2, 0.25) is 0 Å². The Morgan fingerprint density at radius 3 is 2.85 bits per heavy atom. The van der Waals surface area contributed by atoms with Gasteiger partial charge in [-0.05, 0) is 43.9 Å². The number of hydrogen-bond acceptors (Lipinski definition) is 4. The quantitative estimate of drug-likeness (QED) is 0.778. The molecule has 0 saturated heterocycles. The van der Waals surface area contributed by atoms with Crippen molar-refractivity contribution in [2.24, 2.45) is 11.7 Å². The molecule has 5 nitrogen and oxygen atoms in total.